The SMILES string of the molecule is CC(C)CNCCCc1ccc(F)cc1. The first-order chi connectivity index (χ1) is 7.18. The molecule has 0 radical (unpaired) electrons. The van der Waals surface area contributed by atoms with E-state index in [4.69, 9.17) is 0 Å². The third-order valence-corrected chi connectivity index (χ3v) is 2.28. The van der Waals surface area contributed by atoms with Gasteiger partial charge in [0.05, 0.1) is 0 Å². The molecule has 0 amide bonds. The minimum Gasteiger partial charge on any atom is -0.316 e. The molecule has 0 atom stereocenters. The zero-order chi connectivity index (χ0) is 11.1. The lowest BCUT2D eigenvalue weighted by atomic mass is 10.1. The second kappa shape index (κ2) is 6.57. The van der Waals surface area contributed by atoms with Gasteiger partial charge in [-0.1, -0.05) is 26.0 Å². The van der Waals surface area contributed by atoms with Gasteiger partial charge in [-0.2, -0.15) is 0 Å². The third kappa shape index (κ3) is 5.53. The topological polar surface area (TPSA) is 12.0 Å². The molecule has 15 heavy (non-hydrogen) atoms. The molecule has 0 saturated carbocycles. The molecule has 0 unspecified atom stereocenters. The zero-order valence-electron chi connectivity index (χ0n) is 9.59. The average molecular weight is 209 g/mol. The number of benzene rings is 1. The van der Waals surface area contributed by atoms with Crippen LogP contribution in [-0.2, 0) is 6.42 Å². The van der Waals surface area contributed by atoms with Gasteiger partial charge in [-0.15, -0.1) is 0 Å². The predicted octanol–water partition coefficient (Wildman–Crippen LogP) is 3.00. The first-order valence-corrected chi connectivity index (χ1v) is 5.63. The van der Waals surface area contributed by atoms with Gasteiger partial charge in [0, 0.05) is 0 Å². The molecule has 0 heterocycles. The van der Waals surface area contributed by atoms with E-state index in [1.165, 1.54) is 17.7 Å². The van der Waals surface area contributed by atoms with Gasteiger partial charge in [0.1, 0.15) is 5.82 Å². The summed E-state index contributed by atoms with van der Waals surface area (Å²) in [4.78, 5) is 0. The van der Waals surface area contributed by atoms with Crippen molar-refractivity contribution in [1.29, 1.82) is 0 Å². The van der Waals surface area contributed by atoms with Crippen LogP contribution in [0.15, 0.2) is 24.3 Å². The molecule has 2 heteroatoms. The maximum Gasteiger partial charge on any atom is 0.123 e. The first kappa shape index (κ1) is 12.2. The van der Waals surface area contributed by atoms with Crippen LogP contribution >= 0.6 is 0 Å². The highest BCUT2D eigenvalue weighted by molar-refractivity contribution is 5.15. The number of hydrogen-bond donors (Lipinski definition) is 1. The summed E-state index contributed by atoms with van der Waals surface area (Å²) in [5.74, 6) is 0.549. The van der Waals surface area contributed by atoms with Gasteiger partial charge in [0.2, 0.25) is 0 Å². The summed E-state index contributed by atoms with van der Waals surface area (Å²) in [6, 6.07) is 6.77. The molecule has 84 valence electrons. The summed E-state index contributed by atoms with van der Waals surface area (Å²) in [5, 5.41) is 3.39. The standard InChI is InChI=1S/C13H20FN/c1-11(2)10-15-9-3-4-12-5-7-13(14)8-6-12/h5-8,11,15H,3-4,9-10H2,1-2H3. The van der Waals surface area contributed by atoms with Gasteiger partial charge < -0.3 is 5.32 Å². The summed E-state index contributed by atoms with van der Waals surface area (Å²) in [5.41, 5.74) is 1.21. The lowest BCUT2D eigenvalue weighted by molar-refractivity contribution is 0.543. The molecule has 1 nitrogen and oxygen atoms in total. The van der Waals surface area contributed by atoms with Crippen LogP contribution in [0.3, 0.4) is 0 Å². The fourth-order valence-electron chi connectivity index (χ4n) is 1.46. The zero-order valence-corrected chi connectivity index (χ0v) is 9.59. The van der Waals surface area contributed by atoms with Crippen LogP contribution < -0.4 is 5.32 Å². The van der Waals surface area contributed by atoms with Crippen molar-refractivity contribution in [2.75, 3.05) is 13.1 Å². The molecule has 0 saturated heterocycles. The van der Waals surface area contributed by atoms with Gasteiger partial charge in [-0.05, 0) is 49.5 Å². The summed E-state index contributed by atoms with van der Waals surface area (Å²) in [6.07, 6.45) is 2.13. The van der Waals surface area contributed by atoms with E-state index in [1.807, 2.05) is 12.1 Å². The second-order valence-electron chi connectivity index (χ2n) is 4.33. The highest BCUT2D eigenvalue weighted by Gasteiger charge is 1.95. The summed E-state index contributed by atoms with van der Waals surface area (Å²) in [7, 11) is 0. The van der Waals surface area contributed by atoms with Crippen molar-refractivity contribution in [2.45, 2.75) is 26.7 Å². The minimum absolute atomic E-state index is 0.156. The van der Waals surface area contributed by atoms with Crippen molar-refractivity contribution in [3.05, 3.63) is 35.6 Å². The molecule has 1 aromatic carbocycles. The smallest absolute Gasteiger partial charge is 0.123 e. The van der Waals surface area contributed by atoms with E-state index in [-0.39, 0.29) is 5.82 Å². The van der Waals surface area contributed by atoms with Crippen LogP contribution in [0.4, 0.5) is 4.39 Å². The van der Waals surface area contributed by atoms with Crippen molar-refractivity contribution in [3.63, 3.8) is 0 Å². The van der Waals surface area contributed by atoms with E-state index < -0.39 is 0 Å². The van der Waals surface area contributed by atoms with Crippen molar-refractivity contribution in [3.8, 4) is 0 Å². The Morgan fingerprint density at radius 3 is 2.47 bits per heavy atom. The molecule has 0 aliphatic rings. The monoisotopic (exact) mass is 209 g/mol. The Morgan fingerprint density at radius 1 is 1.20 bits per heavy atom. The Kier molecular flexibility index (Phi) is 5.33. The highest BCUT2D eigenvalue weighted by atomic mass is 19.1. The Balaban J connectivity index is 2.12. The van der Waals surface area contributed by atoms with E-state index in [0.717, 1.165) is 25.9 Å². The van der Waals surface area contributed by atoms with Crippen LogP contribution in [-0.4, -0.2) is 13.1 Å². The van der Waals surface area contributed by atoms with Gasteiger partial charge in [-0.25, -0.2) is 4.39 Å². The van der Waals surface area contributed by atoms with Gasteiger partial charge in [0.15, 0.2) is 0 Å². The number of rotatable bonds is 6. The number of nitrogens with one attached hydrogen (secondary N) is 1. The van der Waals surface area contributed by atoms with Gasteiger partial charge in [-0.3, -0.25) is 0 Å². The van der Waals surface area contributed by atoms with Crippen molar-refractivity contribution < 1.29 is 4.39 Å². The van der Waals surface area contributed by atoms with Crippen molar-refractivity contribution >= 4 is 0 Å². The van der Waals surface area contributed by atoms with Crippen molar-refractivity contribution in [1.82, 2.24) is 5.32 Å². The third-order valence-electron chi connectivity index (χ3n) is 2.28. The summed E-state index contributed by atoms with van der Waals surface area (Å²) >= 11 is 0. The molecule has 1 N–H and O–H groups in total. The summed E-state index contributed by atoms with van der Waals surface area (Å²) < 4.78 is 12.6. The summed E-state index contributed by atoms with van der Waals surface area (Å²) in [6.45, 7) is 6.51. The Labute approximate surface area is 91.7 Å². The van der Waals surface area contributed by atoms with Crippen molar-refractivity contribution in [2.24, 2.45) is 5.92 Å². The van der Waals surface area contributed by atoms with Gasteiger partial charge >= 0.3 is 0 Å². The molecule has 0 aliphatic heterocycles. The fourth-order valence-corrected chi connectivity index (χ4v) is 1.46. The van der Waals surface area contributed by atoms with E-state index in [2.05, 4.69) is 19.2 Å². The van der Waals surface area contributed by atoms with E-state index in [9.17, 15) is 4.39 Å². The normalized spacial score (nSPS) is 10.9. The largest absolute Gasteiger partial charge is 0.316 e. The predicted molar refractivity (Wildman–Crippen MR) is 62.4 cm³/mol. The van der Waals surface area contributed by atoms with E-state index in [1.54, 1.807) is 0 Å². The van der Waals surface area contributed by atoms with Crippen LogP contribution in [0.5, 0.6) is 0 Å². The Hall–Kier alpha value is -0.890. The molecule has 0 bridgehead atoms. The number of halogens is 1. The molecule has 0 spiro atoms. The van der Waals surface area contributed by atoms with E-state index >= 15 is 0 Å². The highest BCUT2D eigenvalue weighted by Crippen LogP contribution is 2.04. The molecule has 1 rings (SSSR count). The van der Waals surface area contributed by atoms with Crippen LogP contribution in [0, 0.1) is 11.7 Å². The first-order valence-electron chi connectivity index (χ1n) is 5.63. The molecule has 1 aromatic rings. The number of hydrogen-bond acceptors (Lipinski definition) is 1. The minimum atomic E-state index is -0.156. The molecule has 0 fully saturated rings. The lowest BCUT2D eigenvalue weighted by Crippen LogP contribution is -2.21. The maximum atomic E-state index is 12.6. The average Bonchev–Trinajstić information content (AvgIpc) is 2.20. The molecule has 0 aromatic heterocycles. The van der Waals surface area contributed by atoms with Crippen LogP contribution in [0.2, 0.25) is 0 Å². The van der Waals surface area contributed by atoms with Gasteiger partial charge in [0.25, 0.3) is 0 Å². The molecule has 0 aliphatic carbocycles. The maximum absolute atomic E-state index is 12.6. The Morgan fingerprint density at radius 2 is 1.87 bits per heavy atom. The Bertz CT molecular complexity index is 266. The molecular formula is C13H20FN. The van der Waals surface area contributed by atoms with Crippen LogP contribution in [0.25, 0.3) is 0 Å². The number of aryl methyl sites for hydroxylation is 1. The quantitative estimate of drug-likeness (QED) is 0.710. The fraction of sp³-hybridized carbons (Fsp3) is 0.538. The lowest BCUT2D eigenvalue weighted by Gasteiger charge is -2.07. The second-order valence-corrected chi connectivity index (χ2v) is 4.33. The molecular weight excluding hydrogens is 189 g/mol. The van der Waals surface area contributed by atoms with Crippen LogP contribution in [0.1, 0.15) is 25.8 Å². The van der Waals surface area contributed by atoms with E-state index in [0.29, 0.717) is 5.92 Å².